The minimum atomic E-state index is -3.59. The first kappa shape index (κ1) is 21.7. The van der Waals surface area contributed by atoms with Crippen LogP contribution in [0.15, 0.2) is 47.4 Å². The van der Waals surface area contributed by atoms with Crippen molar-refractivity contribution in [1.82, 2.24) is 30.3 Å². The highest BCUT2D eigenvalue weighted by atomic mass is 32.2. The van der Waals surface area contributed by atoms with Crippen molar-refractivity contribution in [3.8, 4) is 0 Å². The number of fused-ring (bicyclic) bond motifs is 1. The molecule has 0 spiro atoms. The van der Waals surface area contributed by atoms with Crippen LogP contribution in [0.2, 0.25) is 0 Å². The van der Waals surface area contributed by atoms with Crippen molar-refractivity contribution in [3.05, 3.63) is 53.6 Å². The van der Waals surface area contributed by atoms with Crippen LogP contribution in [-0.2, 0) is 23.1 Å². The Morgan fingerprint density at radius 2 is 1.83 bits per heavy atom. The molecule has 2 aromatic carbocycles. The van der Waals surface area contributed by atoms with Gasteiger partial charge in [0.25, 0.3) is 0 Å². The van der Waals surface area contributed by atoms with Crippen molar-refractivity contribution >= 4 is 27.1 Å². The molecule has 1 heterocycles. The Morgan fingerprint density at radius 1 is 1.10 bits per heavy atom. The van der Waals surface area contributed by atoms with Crippen LogP contribution in [0.1, 0.15) is 25.0 Å². The highest BCUT2D eigenvalue weighted by Gasteiger charge is 2.17. The molecule has 0 aliphatic heterocycles. The van der Waals surface area contributed by atoms with Gasteiger partial charge in [-0.2, -0.15) is 0 Å². The van der Waals surface area contributed by atoms with Gasteiger partial charge in [0.1, 0.15) is 5.52 Å². The molecular formula is C20H26N6O3S. The quantitative estimate of drug-likeness (QED) is 0.505. The summed E-state index contributed by atoms with van der Waals surface area (Å²) >= 11 is 0. The Morgan fingerprint density at radius 3 is 2.53 bits per heavy atom. The minimum absolute atomic E-state index is 0.143. The zero-order chi connectivity index (χ0) is 21.7. The normalized spacial score (nSPS) is 11.7. The van der Waals surface area contributed by atoms with Crippen LogP contribution in [-0.4, -0.2) is 42.0 Å². The van der Waals surface area contributed by atoms with Crippen LogP contribution in [0.3, 0.4) is 0 Å². The number of carbonyl (C=O) groups excluding carboxylic acids is 1. The van der Waals surface area contributed by atoms with E-state index in [0.29, 0.717) is 30.7 Å². The number of hydrogen-bond donors (Lipinski definition) is 3. The Balaban J connectivity index is 1.55. The van der Waals surface area contributed by atoms with Crippen LogP contribution >= 0.6 is 0 Å². The van der Waals surface area contributed by atoms with Gasteiger partial charge in [0, 0.05) is 19.1 Å². The number of hydrogen-bond acceptors (Lipinski definition) is 5. The minimum Gasteiger partial charge on any atom is -0.336 e. The molecule has 0 saturated carbocycles. The van der Waals surface area contributed by atoms with Gasteiger partial charge in [-0.15, -0.1) is 5.10 Å². The van der Waals surface area contributed by atoms with Gasteiger partial charge in [-0.1, -0.05) is 35.0 Å². The molecule has 3 rings (SSSR count). The second-order valence-corrected chi connectivity index (χ2v) is 9.05. The van der Waals surface area contributed by atoms with Gasteiger partial charge < -0.3 is 10.6 Å². The molecule has 0 aliphatic carbocycles. The molecule has 160 valence electrons. The summed E-state index contributed by atoms with van der Waals surface area (Å²) in [7, 11) is -3.59. The summed E-state index contributed by atoms with van der Waals surface area (Å²) in [6.07, 6.45) is 0. The van der Waals surface area contributed by atoms with E-state index in [2.05, 4.69) is 25.7 Å². The molecule has 0 saturated heterocycles. The fourth-order valence-electron chi connectivity index (χ4n) is 2.89. The maximum Gasteiger partial charge on any atom is 0.315 e. The van der Waals surface area contributed by atoms with Crippen LogP contribution in [0, 0.1) is 6.92 Å². The van der Waals surface area contributed by atoms with Crippen LogP contribution in [0.25, 0.3) is 11.0 Å². The third-order valence-corrected chi connectivity index (χ3v) is 6.03. The van der Waals surface area contributed by atoms with Gasteiger partial charge in [0.15, 0.2) is 0 Å². The SMILES string of the molecule is Cc1ccc(CNC(=O)NCCn2nnc3cc(S(=O)(=O)NC(C)C)ccc32)cc1. The summed E-state index contributed by atoms with van der Waals surface area (Å²) < 4.78 is 28.8. The average molecular weight is 431 g/mol. The molecule has 0 bridgehead atoms. The van der Waals surface area contributed by atoms with Crippen LogP contribution < -0.4 is 15.4 Å². The molecule has 3 N–H and O–H groups in total. The number of rotatable bonds is 8. The molecule has 0 unspecified atom stereocenters. The molecule has 9 nitrogen and oxygen atoms in total. The number of sulfonamides is 1. The molecule has 30 heavy (non-hydrogen) atoms. The molecule has 0 atom stereocenters. The summed E-state index contributed by atoms with van der Waals surface area (Å²) in [5.41, 5.74) is 3.37. The third-order valence-electron chi connectivity index (χ3n) is 4.37. The molecule has 10 heteroatoms. The Kier molecular flexibility index (Phi) is 6.68. The van der Waals surface area contributed by atoms with Crippen molar-refractivity contribution in [2.24, 2.45) is 0 Å². The van der Waals surface area contributed by atoms with Crippen molar-refractivity contribution in [3.63, 3.8) is 0 Å². The zero-order valence-corrected chi connectivity index (χ0v) is 18.0. The van der Waals surface area contributed by atoms with E-state index >= 15 is 0 Å². The predicted octanol–water partition coefficient (Wildman–Crippen LogP) is 1.93. The van der Waals surface area contributed by atoms with E-state index < -0.39 is 10.0 Å². The number of nitrogens with zero attached hydrogens (tertiary/aromatic N) is 3. The van der Waals surface area contributed by atoms with Crippen molar-refractivity contribution < 1.29 is 13.2 Å². The Hall–Kier alpha value is -2.98. The summed E-state index contributed by atoms with van der Waals surface area (Å²) in [5.74, 6) is 0. The summed E-state index contributed by atoms with van der Waals surface area (Å²) in [6.45, 7) is 6.74. The van der Waals surface area contributed by atoms with Gasteiger partial charge in [-0.25, -0.2) is 22.6 Å². The first-order chi connectivity index (χ1) is 14.2. The second kappa shape index (κ2) is 9.23. The van der Waals surface area contributed by atoms with E-state index in [9.17, 15) is 13.2 Å². The molecule has 0 radical (unpaired) electrons. The Labute approximate surface area is 175 Å². The number of aryl methyl sites for hydroxylation is 1. The van der Waals surface area contributed by atoms with E-state index in [1.165, 1.54) is 17.7 Å². The molecule has 0 aliphatic rings. The van der Waals surface area contributed by atoms with Crippen molar-refractivity contribution in [2.75, 3.05) is 6.54 Å². The van der Waals surface area contributed by atoms with E-state index in [1.807, 2.05) is 31.2 Å². The lowest BCUT2D eigenvalue weighted by atomic mass is 10.1. The predicted molar refractivity (Wildman–Crippen MR) is 114 cm³/mol. The van der Waals surface area contributed by atoms with Gasteiger partial charge in [-0.3, -0.25) is 0 Å². The van der Waals surface area contributed by atoms with Crippen molar-refractivity contribution in [2.45, 2.75) is 44.8 Å². The number of amides is 2. The first-order valence-corrected chi connectivity index (χ1v) is 11.2. The second-order valence-electron chi connectivity index (χ2n) is 7.33. The number of urea groups is 1. The van der Waals surface area contributed by atoms with Crippen molar-refractivity contribution in [1.29, 1.82) is 0 Å². The van der Waals surface area contributed by atoms with Gasteiger partial charge >= 0.3 is 6.03 Å². The molecule has 0 fully saturated rings. The highest BCUT2D eigenvalue weighted by molar-refractivity contribution is 7.89. The van der Waals surface area contributed by atoms with Gasteiger partial charge in [0.05, 0.1) is 17.0 Å². The largest absolute Gasteiger partial charge is 0.336 e. The van der Waals surface area contributed by atoms with E-state index in [4.69, 9.17) is 0 Å². The fraction of sp³-hybridized carbons (Fsp3) is 0.350. The van der Waals surface area contributed by atoms with Gasteiger partial charge in [-0.05, 0) is 44.5 Å². The van der Waals surface area contributed by atoms with Crippen LogP contribution in [0.5, 0.6) is 0 Å². The lowest BCUT2D eigenvalue weighted by molar-refractivity contribution is 0.240. The molecule has 3 aromatic rings. The summed E-state index contributed by atoms with van der Waals surface area (Å²) in [5, 5.41) is 13.7. The van der Waals surface area contributed by atoms with E-state index in [1.54, 1.807) is 24.6 Å². The smallest absolute Gasteiger partial charge is 0.315 e. The fourth-order valence-corrected chi connectivity index (χ4v) is 4.16. The highest BCUT2D eigenvalue weighted by Crippen LogP contribution is 2.17. The number of benzene rings is 2. The third kappa shape index (κ3) is 5.55. The summed E-state index contributed by atoms with van der Waals surface area (Å²) in [4.78, 5) is 12.1. The monoisotopic (exact) mass is 430 g/mol. The lowest BCUT2D eigenvalue weighted by Gasteiger charge is -2.10. The zero-order valence-electron chi connectivity index (χ0n) is 17.2. The average Bonchev–Trinajstić information content (AvgIpc) is 3.09. The maximum atomic E-state index is 12.3. The van der Waals surface area contributed by atoms with Gasteiger partial charge in [0.2, 0.25) is 10.0 Å². The maximum absolute atomic E-state index is 12.3. The number of carbonyl (C=O) groups is 1. The van der Waals surface area contributed by atoms with E-state index in [0.717, 1.165) is 5.56 Å². The van der Waals surface area contributed by atoms with E-state index in [-0.39, 0.29) is 17.0 Å². The van der Waals surface area contributed by atoms with Crippen LogP contribution in [0.4, 0.5) is 4.79 Å². The lowest BCUT2D eigenvalue weighted by Crippen LogP contribution is -2.36. The Bertz CT molecular complexity index is 1120. The standard InChI is InChI=1S/C20H26N6O3S/c1-14(2)24-30(28,29)17-8-9-19-18(12-17)23-25-26(19)11-10-21-20(27)22-13-16-6-4-15(3)5-7-16/h4-9,12,14,24H,10-11,13H2,1-3H3,(H2,21,22,27). The molecule has 1 aromatic heterocycles. The molecule has 2 amide bonds. The number of nitrogens with one attached hydrogen (secondary N) is 3. The topological polar surface area (TPSA) is 118 Å². The first-order valence-electron chi connectivity index (χ1n) is 9.67. The number of aromatic nitrogens is 3. The summed E-state index contributed by atoms with van der Waals surface area (Å²) in [6, 6.07) is 12.2. The molecular weight excluding hydrogens is 404 g/mol.